The van der Waals surface area contributed by atoms with Crippen LogP contribution < -0.4 is 5.32 Å². The minimum Gasteiger partial charge on any atom is -0.356 e. The summed E-state index contributed by atoms with van der Waals surface area (Å²) >= 11 is 0. The number of hydrogen-bond donors (Lipinski definition) is 1. The Morgan fingerprint density at radius 2 is 2.12 bits per heavy atom. The molecule has 0 aliphatic carbocycles. The van der Waals surface area contributed by atoms with E-state index in [2.05, 4.69) is 22.4 Å². The molecule has 174 valence electrons. The first kappa shape index (κ1) is 23.9. The molecule has 1 unspecified atom stereocenters. The molecule has 1 N–H and O–H groups in total. The number of aromatic nitrogens is 2. The fourth-order valence-electron chi connectivity index (χ4n) is 3.95. The second-order valence-electron chi connectivity index (χ2n) is 8.51. The third-order valence-corrected chi connectivity index (χ3v) is 5.91. The summed E-state index contributed by atoms with van der Waals surface area (Å²) in [6.45, 7) is 5.68. The summed E-state index contributed by atoms with van der Waals surface area (Å²) in [7, 11) is 0. The van der Waals surface area contributed by atoms with Crippen LogP contribution >= 0.6 is 0 Å². The Balaban J connectivity index is 1.46. The molecule has 1 saturated heterocycles. The molecule has 0 radical (unpaired) electrons. The molecule has 32 heavy (non-hydrogen) atoms. The number of benzene rings is 1. The van der Waals surface area contributed by atoms with Crippen LogP contribution in [0.5, 0.6) is 0 Å². The SMILES string of the molecule is CCCCCCNC(=O)C1CCCN(C(=O)CCc2nc(-c3ccc(F)c(C)c3)no2)C1. The van der Waals surface area contributed by atoms with Gasteiger partial charge >= 0.3 is 0 Å². The average molecular weight is 445 g/mol. The van der Waals surface area contributed by atoms with Crippen molar-refractivity contribution in [1.82, 2.24) is 20.4 Å². The van der Waals surface area contributed by atoms with E-state index in [4.69, 9.17) is 4.52 Å². The summed E-state index contributed by atoms with van der Waals surface area (Å²) in [4.78, 5) is 31.2. The Bertz CT molecular complexity index is 914. The van der Waals surface area contributed by atoms with Gasteiger partial charge in [-0.25, -0.2) is 4.39 Å². The molecular weight excluding hydrogens is 411 g/mol. The number of nitrogens with one attached hydrogen (secondary N) is 1. The second-order valence-corrected chi connectivity index (χ2v) is 8.51. The van der Waals surface area contributed by atoms with Gasteiger partial charge in [0.25, 0.3) is 0 Å². The lowest BCUT2D eigenvalue weighted by Crippen LogP contribution is -2.45. The smallest absolute Gasteiger partial charge is 0.227 e. The topological polar surface area (TPSA) is 88.3 Å². The summed E-state index contributed by atoms with van der Waals surface area (Å²) in [5.74, 6) is 0.361. The first-order valence-electron chi connectivity index (χ1n) is 11.6. The third-order valence-electron chi connectivity index (χ3n) is 5.91. The van der Waals surface area contributed by atoms with Gasteiger partial charge in [-0.15, -0.1) is 0 Å². The maximum Gasteiger partial charge on any atom is 0.227 e. The van der Waals surface area contributed by atoms with Gasteiger partial charge in [0.2, 0.25) is 23.5 Å². The van der Waals surface area contributed by atoms with Gasteiger partial charge in [0.15, 0.2) is 0 Å². The average Bonchev–Trinajstić information content (AvgIpc) is 3.28. The van der Waals surface area contributed by atoms with Crippen molar-refractivity contribution in [1.29, 1.82) is 0 Å². The molecule has 1 aliphatic rings. The Labute approximate surface area is 188 Å². The zero-order chi connectivity index (χ0) is 22.9. The van der Waals surface area contributed by atoms with Crippen LogP contribution in [0.4, 0.5) is 4.39 Å². The molecule has 0 saturated carbocycles. The van der Waals surface area contributed by atoms with Crippen molar-refractivity contribution in [3.8, 4) is 11.4 Å². The molecule has 0 spiro atoms. The second kappa shape index (κ2) is 11.7. The molecule has 1 fully saturated rings. The van der Waals surface area contributed by atoms with E-state index < -0.39 is 0 Å². The maximum atomic E-state index is 13.5. The summed E-state index contributed by atoms with van der Waals surface area (Å²) in [5, 5.41) is 6.96. The number of likely N-dealkylation sites (tertiary alicyclic amines) is 1. The van der Waals surface area contributed by atoms with Crippen LogP contribution in [0.15, 0.2) is 22.7 Å². The van der Waals surface area contributed by atoms with E-state index in [9.17, 15) is 14.0 Å². The third kappa shape index (κ3) is 6.61. The highest BCUT2D eigenvalue weighted by molar-refractivity contribution is 5.81. The summed E-state index contributed by atoms with van der Waals surface area (Å²) in [6.07, 6.45) is 6.70. The molecule has 7 nitrogen and oxygen atoms in total. The van der Waals surface area contributed by atoms with E-state index in [0.29, 0.717) is 48.9 Å². The quantitative estimate of drug-likeness (QED) is 0.559. The Morgan fingerprint density at radius 1 is 1.28 bits per heavy atom. The number of carbonyl (C=O) groups is 2. The van der Waals surface area contributed by atoms with Crippen molar-refractivity contribution < 1.29 is 18.5 Å². The molecule has 2 aromatic rings. The van der Waals surface area contributed by atoms with Gasteiger partial charge in [-0.2, -0.15) is 4.98 Å². The molecule has 1 aromatic carbocycles. The highest BCUT2D eigenvalue weighted by Gasteiger charge is 2.28. The van der Waals surface area contributed by atoms with E-state index in [1.807, 2.05) is 0 Å². The standard InChI is InChI=1S/C24H33FN4O3/c1-3-4-5-6-13-26-24(31)19-8-7-14-29(16-19)22(30)12-11-21-27-23(28-32-21)18-9-10-20(25)17(2)15-18/h9-10,15,19H,3-8,11-14,16H2,1-2H3,(H,26,31). The predicted octanol–water partition coefficient (Wildman–Crippen LogP) is 4.05. The fourth-order valence-corrected chi connectivity index (χ4v) is 3.95. The lowest BCUT2D eigenvalue weighted by atomic mass is 9.96. The monoisotopic (exact) mass is 444 g/mol. The summed E-state index contributed by atoms with van der Waals surface area (Å²) in [6, 6.07) is 4.64. The van der Waals surface area contributed by atoms with E-state index in [1.54, 1.807) is 24.0 Å². The number of halogens is 1. The largest absolute Gasteiger partial charge is 0.356 e. The van der Waals surface area contributed by atoms with Gasteiger partial charge in [0.1, 0.15) is 5.82 Å². The van der Waals surface area contributed by atoms with Gasteiger partial charge in [0, 0.05) is 38.0 Å². The lowest BCUT2D eigenvalue weighted by Gasteiger charge is -2.32. The van der Waals surface area contributed by atoms with Crippen LogP contribution in [0.25, 0.3) is 11.4 Å². The number of nitrogens with zero attached hydrogens (tertiary/aromatic N) is 3. The summed E-state index contributed by atoms with van der Waals surface area (Å²) < 4.78 is 18.7. The molecular formula is C24H33FN4O3. The number of unbranched alkanes of at least 4 members (excludes halogenated alkanes) is 3. The van der Waals surface area contributed by atoms with Crippen molar-refractivity contribution >= 4 is 11.8 Å². The number of hydrogen-bond acceptors (Lipinski definition) is 5. The molecule has 1 aromatic heterocycles. The fraction of sp³-hybridized carbons (Fsp3) is 0.583. The Hall–Kier alpha value is -2.77. The minimum atomic E-state index is -0.284. The number of carbonyl (C=O) groups excluding carboxylic acids is 2. The molecule has 1 aliphatic heterocycles. The number of piperidine rings is 1. The van der Waals surface area contributed by atoms with Gasteiger partial charge < -0.3 is 14.7 Å². The van der Waals surface area contributed by atoms with Crippen molar-refractivity contribution in [3.63, 3.8) is 0 Å². The van der Waals surface area contributed by atoms with E-state index in [1.165, 1.54) is 18.9 Å². The van der Waals surface area contributed by atoms with Gasteiger partial charge in [0.05, 0.1) is 5.92 Å². The summed E-state index contributed by atoms with van der Waals surface area (Å²) in [5.41, 5.74) is 1.18. The van der Waals surface area contributed by atoms with Crippen molar-refractivity contribution in [3.05, 3.63) is 35.5 Å². The molecule has 0 bridgehead atoms. The zero-order valence-corrected chi connectivity index (χ0v) is 19.0. The first-order valence-corrected chi connectivity index (χ1v) is 11.6. The molecule has 2 amide bonds. The highest BCUT2D eigenvalue weighted by Crippen LogP contribution is 2.21. The first-order chi connectivity index (χ1) is 15.5. The van der Waals surface area contributed by atoms with E-state index in [0.717, 1.165) is 25.7 Å². The minimum absolute atomic E-state index is 0.0113. The van der Waals surface area contributed by atoms with Crippen LogP contribution in [0.3, 0.4) is 0 Å². The molecule has 2 heterocycles. The van der Waals surface area contributed by atoms with Gasteiger partial charge in [-0.1, -0.05) is 31.3 Å². The number of rotatable bonds is 10. The van der Waals surface area contributed by atoms with Crippen LogP contribution in [0.1, 0.15) is 63.3 Å². The molecule has 8 heteroatoms. The van der Waals surface area contributed by atoms with Gasteiger partial charge in [-0.05, 0) is 49.9 Å². The van der Waals surface area contributed by atoms with Gasteiger partial charge in [-0.3, -0.25) is 9.59 Å². The Morgan fingerprint density at radius 3 is 2.91 bits per heavy atom. The lowest BCUT2D eigenvalue weighted by molar-refractivity contribution is -0.135. The highest BCUT2D eigenvalue weighted by atomic mass is 19.1. The van der Waals surface area contributed by atoms with Crippen molar-refractivity contribution in [2.75, 3.05) is 19.6 Å². The van der Waals surface area contributed by atoms with E-state index >= 15 is 0 Å². The molecule has 3 rings (SSSR count). The predicted molar refractivity (Wildman–Crippen MR) is 119 cm³/mol. The number of aryl methyl sites for hydroxylation is 2. The number of amides is 2. The molecule has 1 atom stereocenters. The zero-order valence-electron chi connectivity index (χ0n) is 19.0. The van der Waals surface area contributed by atoms with E-state index in [-0.39, 0.29) is 30.0 Å². The van der Waals surface area contributed by atoms with Crippen molar-refractivity contribution in [2.24, 2.45) is 5.92 Å². The van der Waals surface area contributed by atoms with Crippen LogP contribution in [0, 0.1) is 18.7 Å². The van der Waals surface area contributed by atoms with Crippen molar-refractivity contribution in [2.45, 2.75) is 65.2 Å². The van der Waals surface area contributed by atoms with Crippen LogP contribution in [0.2, 0.25) is 0 Å². The maximum absolute atomic E-state index is 13.5. The normalized spacial score (nSPS) is 16.2. The van der Waals surface area contributed by atoms with Crippen LogP contribution in [-0.2, 0) is 16.0 Å². The van der Waals surface area contributed by atoms with Crippen LogP contribution in [-0.4, -0.2) is 46.5 Å². The Kier molecular flexibility index (Phi) is 8.76.